The average molecular weight is 284 g/mol. The fourth-order valence-corrected chi connectivity index (χ4v) is 3.57. The predicted octanol–water partition coefficient (Wildman–Crippen LogP) is 2.83. The quantitative estimate of drug-likeness (QED) is 0.942. The number of hydrogen-bond acceptors (Lipinski definition) is 2. The van der Waals surface area contributed by atoms with Crippen LogP contribution in [0.3, 0.4) is 0 Å². The highest BCUT2D eigenvalue weighted by Crippen LogP contribution is 2.52. The third-order valence-corrected chi connectivity index (χ3v) is 4.96. The van der Waals surface area contributed by atoms with Crippen LogP contribution in [0.15, 0.2) is 24.4 Å². The Morgan fingerprint density at radius 2 is 2.05 bits per heavy atom. The molecule has 1 saturated carbocycles. The van der Waals surface area contributed by atoms with Crippen LogP contribution in [0.1, 0.15) is 31.2 Å². The lowest BCUT2D eigenvalue weighted by Gasteiger charge is -2.22. The van der Waals surface area contributed by atoms with Crippen molar-refractivity contribution in [2.75, 3.05) is 20.2 Å². The van der Waals surface area contributed by atoms with Gasteiger partial charge in [0.2, 0.25) is 5.91 Å². The first-order valence-corrected chi connectivity index (χ1v) is 7.70. The van der Waals surface area contributed by atoms with E-state index in [4.69, 9.17) is 4.74 Å². The van der Waals surface area contributed by atoms with Gasteiger partial charge in [0.15, 0.2) is 0 Å². The number of H-pyrrole nitrogens is 1. The molecule has 21 heavy (non-hydrogen) atoms. The minimum atomic E-state index is -0.283. The minimum absolute atomic E-state index is 0.283. The maximum atomic E-state index is 12.9. The van der Waals surface area contributed by atoms with Gasteiger partial charge in [0.1, 0.15) is 5.75 Å². The summed E-state index contributed by atoms with van der Waals surface area (Å²) in [6.07, 6.45) is 6.23. The number of carbonyl (C=O) groups excluding carboxylic acids is 1. The Bertz CT molecular complexity index is 694. The van der Waals surface area contributed by atoms with Crippen molar-refractivity contribution in [2.45, 2.75) is 31.1 Å². The van der Waals surface area contributed by atoms with Crippen molar-refractivity contribution in [1.82, 2.24) is 9.88 Å². The van der Waals surface area contributed by atoms with Crippen LogP contribution in [0, 0.1) is 0 Å². The van der Waals surface area contributed by atoms with E-state index in [1.807, 2.05) is 29.3 Å². The van der Waals surface area contributed by atoms with Crippen LogP contribution in [0.2, 0.25) is 0 Å². The van der Waals surface area contributed by atoms with E-state index in [1.54, 1.807) is 7.11 Å². The third-order valence-electron chi connectivity index (χ3n) is 4.96. The molecule has 1 amide bonds. The molecule has 2 fully saturated rings. The molecule has 4 heteroatoms. The molecular formula is C17H20N2O2. The normalized spacial score (nSPS) is 20.0. The summed E-state index contributed by atoms with van der Waals surface area (Å²) >= 11 is 0. The average Bonchev–Trinajstić information content (AvgIpc) is 2.98. The Hall–Kier alpha value is -1.97. The van der Waals surface area contributed by atoms with E-state index in [1.165, 1.54) is 0 Å². The summed E-state index contributed by atoms with van der Waals surface area (Å²) in [6.45, 7) is 1.85. The first kappa shape index (κ1) is 12.7. The van der Waals surface area contributed by atoms with Crippen LogP contribution in [0.5, 0.6) is 5.75 Å². The van der Waals surface area contributed by atoms with Crippen LogP contribution >= 0.6 is 0 Å². The van der Waals surface area contributed by atoms with Gasteiger partial charge in [-0.25, -0.2) is 0 Å². The number of fused-ring (bicyclic) bond motifs is 1. The summed E-state index contributed by atoms with van der Waals surface area (Å²) in [5.41, 5.74) is 1.94. The Morgan fingerprint density at radius 3 is 2.71 bits per heavy atom. The molecule has 0 unspecified atom stereocenters. The first-order valence-electron chi connectivity index (χ1n) is 7.70. The molecule has 2 aromatic rings. The van der Waals surface area contributed by atoms with Gasteiger partial charge in [0.05, 0.1) is 12.5 Å². The zero-order valence-corrected chi connectivity index (χ0v) is 12.3. The molecule has 2 heterocycles. The van der Waals surface area contributed by atoms with Gasteiger partial charge in [-0.3, -0.25) is 4.79 Å². The topological polar surface area (TPSA) is 45.3 Å². The van der Waals surface area contributed by atoms with E-state index >= 15 is 0 Å². The number of hydrogen-bond donors (Lipinski definition) is 1. The summed E-state index contributed by atoms with van der Waals surface area (Å²) in [5, 5.41) is 1.12. The zero-order valence-electron chi connectivity index (χ0n) is 12.3. The van der Waals surface area contributed by atoms with Gasteiger partial charge in [0, 0.05) is 30.2 Å². The Kier molecular flexibility index (Phi) is 2.74. The largest absolute Gasteiger partial charge is 0.497 e. The van der Waals surface area contributed by atoms with E-state index in [2.05, 4.69) is 4.98 Å². The molecular weight excluding hydrogens is 264 g/mol. The SMILES string of the molecule is COc1ccc2[nH]cc(C3(C(=O)N4CCCC4)CC3)c2c1. The van der Waals surface area contributed by atoms with Gasteiger partial charge in [-0.2, -0.15) is 0 Å². The summed E-state index contributed by atoms with van der Waals surface area (Å²) < 4.78 is 5.33. The number of likely N-dealkylation sites (tertiary alicyclic amines) is 1. The number of nitrogens with zero attached hydrogens (tertiary/aromatic N) is 1. The number of methoxy groups -OCH3 is 1. The van der Waals surface area contributed by atoms with E-state index in [9.17, 15) is 4.79 Å². The Morgan fingerprint density at radius 1 is 1.29 bits per heavy atom. The van der Waals surface area contributed by atoms with Gasteiger partial charge in [0.25, 0.3) is 0 Å². The fraction of sp³-hybridized carbons (Fsp3) is 0.471. The second kappa shape index (κ2) is 4.52. The number of nitrogens with one attached hydrogen (secondary N) is 1. The van der Waals surface area contributed by atoms with Crippen molar-refractivity contribution in [3.8, 4) is 5.75 Å². The van der Waals surface area contributed by atoms with Crippen molar-refractivity contribution in [1.29, 1.82) is 0 Å². The van der Waals surface area contributed by atoms with Crippen molar-refractivity contribution in [3.63, 3.8) is 0 Å². The number of aromatic nitrogens is 1. The van der Waals surface area contributed by atoms with Crippen LogP contribution in [-0.4, -0.2) is 36.0 Å². The molecule has 4 nitrogen and oxygen atoms in total. The zero-order chi connectivity index (χ0) is 14.4. The molecule has 110 valence electrons. The van der Waals surface area contributed by atoms with Gasteiger partial charge in [-0.15, -0.1) is 0 Å². The molecule has 1 aromatic carbocycles. The van der Waals surface area contributed by atoms with Gasteiger partial charge in [-0.1, -0.05) is 0 Å². The van der Waals surface area contributed by atoms with Crippen molar-refractivity contribution in [2.24, 2.45) is 0 Å². The number of rotatable bonds is 3. The number of ether oxygens (including phenoxy) is 1. The van der Waals surface area contributed by atoms with Crippen molar-refractivity contribution in [3.05, 3.63) is 30.0 Å². The highest BCUT2D eigenvalue weighted by molar-refractivity contribution is 5.98. The highest BCUT2D eigenvalue weighted by atomic mass is 16.5. The number of aromatic amines is 1. The monoisotopic (exact) mass is 284 g/mol. The van der Waals surface area contributed by atoms with Crippen LogP contribution in [-0.2, 0) is 10.2 Å². The molecule has 1 N–H and O–H groups in total. The fourth-order valence-electron chi connectivity index (χ4n) is 3.57. The lowest BCUT2D eigenvalue weighted by atomic mass is 9.93. The van der Waals surface area contributed by atoms with Gasteiger partial charge >= 0.3 is 0 Å². The molecule has 0 spiro atoms. The summed E-state index contributed by atoms with van der Waals surface area (Å²) in [6, 6.07) is 6.01. The molecule has 0 atom stereocenters. The summed E-state index contributed by atoms with van der Waals surface area (Å²) in [7, 11) is 1.68. The van der Waals surface area contributed by atoms with Crippen molar-refractivity contribution < 1.29 is 9.53 Å². The first-order chi connectivity index (χ1) is 10.2. The molecule has 2 aliphatic rings. The molecule has 1 aromatic heterocycles. The number of carbonyl (C=O) groups is 1. The van der Waals surface area contributed by atoms with E-state index in [-0.39, 0.29) is 5.41 Å². The summed E-state index contributed by atoms with van der Waals surface area (Å²) in [5.74, 6) is 1.16. The third kappa shape index (κ3) is 1.85. The highest BCUT2D eigenvalue weighted by Gasteiger charge is 2.54. The second-order valence-corrected chi connectivity index (χ2v) is 6.20. The lowest BCUT2D eigenvalue weighted by molar-refractivity contribution is -0.132. The van der Waals surface area contributed by atoms with Crippen LogP contribution in [0.4, 0.5) is 0 Å². The van der Waals surface area contributed by atoms with Gasteiger partial charge < -0.3 is 14.6 Å². The van der Waals surface area contributed by atoms with Crippen molar-refractivity contribution >= 4 is 16.8 Å². The molecule has 0 bridgehead atoms. The summed E-state index contributed by atoms with van der Waals surface area (Å²) in [4.78, 5) is 18.3. The van der Waals surface area contributed by atoms with E-state index in [0.29, 0.717) is 5.91 Å². The smallest absolute Gasteiger partial charge is 0.233 e. The number of amides is 1. The van der Waals surface area contributed by atoms with E-state index in [0.717, 1.165) is 61.0 Å². The Balaban J connectivity index is 1.76. The molecule has 1 saturated heterocycles. The predicted molar refractivity (Wildman–Crippen MR) is 81.6 cm³/mol. The second-order valence-electron chi connectivity index (χ2n) is 6.20. The standard InChI is InChI=1S/C17H20N2O2/c1-21-12-4-5-15-13(10-12)14(11-18-15)17(6-7-17)16(20)19-8-2-3-9-19/h4-5,10-11,18H,2-3,6-9H2,1H3. The Labute approximate surface area is 124 Å². The van der Waals surface area contributed by atoms with Crippen LogP contribution < -0.4 is 4.74 Å². The molecule has 1 aliphatic carbocycles. The van der Waals surface area contributed by atoms with Gasteiger partial charge in [-0.05, 0) is 49.4 Å². The molecule has 4 rings (SSSR count). The minimum Gasteiger partial charge on any atom is -0.497 e. The molecule has 0 radical (unpaired) electrons. The number of benzene rings is 1. The molecule has 1 aliphatic heterocycles. The lowest BCUT2D eigenvalue weighted by Crippen LogP contribution is -2.37. The maximum absolute atomic E-state index is 12.9. The maximum Gasteiger partial charge on any atom is 0.233 e. The van der Waals surface area contributed by atoms with Crippen LogP contribution in [0.25, 0.3) is 10.9 Å². The van der Waals surface area contributed by atoms with E-state index < -0.39 is 0 Å².